The Labute approximate surface area is 114 Å². The molecule has 2 aromatic rings. The average Bonchev–Trinajstić information content (AvgIpc) is 2.85. The molecule has 0 saturated carbocycles. The van der Waals surface area contributed by atoms with Crippen LogP contribution in [0.2, 0.25) is 0 Å². The maximum absolute atomic E-state index is 5.87. The molecule has 0 saturated heterocycles. The molecule has 1 unspecified atom stereocenters. The molecule has 1 aromatic heterocycles. The van der Waals surface area contributed by atoms with E-state index in [1.807, 2.05) is 43.7 Å². The maximum Gasteiger partial charge on any atom is 0.130 e. The molecule has 1 heterocycles. The second-order valence-electron chi connectivity index (χ2n) is 5.04. The van der Waals surface area contributed by atoms with Gasteiger partial charge in [0.15, 0.2) is 0 Å². The molecular formula is C15H21N3O. The Morgan fingerprint density at radius 2 is 2.11 bits per heavy atom. The average molecular weight is 259 g/mol. The lowest BCUT2D eigenvalue weighted by atomic mass is 10.1. The summed E-state index contributed by atoms with van der Waals surface area (Å²) in [7, 11) is 0. The van der Waals surface area contributed by atoms with E-state index in [0.717, 1.165) is 17.0 Å². The van der Waals surface area contributed by atoms with Gasteiger partial charge in [0, 0.05) is 12.1 Å². The number of imidazole rings is 1. The Hall–Kier alpha value is -1.81. The lowest BCUT2D eigenvalue weighted by molar-refractivity contribution is 0.291. The van der Waals surface area contributed by atoms with Crippen molar-refractivity contribution in [3.05, 3.63) is 48.0 Å². The second-order valence-corrected chi connectivity index (χ2v) is 5.04. The van der Waals surface area contributed by atoms with Crippen LogP contribution in [-0.2, 0) is 6.61 Å². The highest BCUT2D eigenvalue weighted by atomic mass is 16.5. The molecule has 1 aromatic carbocycles. The first-order chi connectivity index (χ1) is 9.08. The van der Waals surface area contributed by atoms with Crippen molar-refractivity contribution in [3.63, 3.8) is 0 Å². The number of aromatic nitrogens is 2. The molecule has 0 spiro atoms. The first-order valence-electron chi connectivity index (χ1n) is 6.57. The van der Waals surface area contributed by atoms with Crippen LogP contribution in [0.25, 0.3) is 0 Å². The summed E-state index contributed by atoms with van der Waals surface area (Å²) in [5, 5.41) is 0. The third kappa shape index (κ3) is 3.35. The second kappa shape index (κ2) is 5.89. The predicted molar refractivity (Wildman–Crippen MR) is 76.0 cm³/mol. The van der Waals surface area contributed by atoms with Crippen LogP contribution in [0.1, 0.15) is 44.1 Å². The lowest BCUT2D eigenvalue weighted by Gasteiger charge is -2.13. The number of hydrogen-bond donors (Lipinski definition) is 1. The molecule has 4 heteroatoms. The fourth-order valence-corrected chi connectivity index (χ4v) is 1.95. The first kappa shape index (κ1) is 13.6. The zero-order chi connectivity index (χ0) is 13.8. The standard InChI is InChI=1S/C15H21N3O/c1-11(2)18-10-17-8-14(18)9-19-15-6-4-5-13(7-15)12(3)16/h4-8,10-12H,9,16H2,1-3H3. The third-order valence-corrected chi connectivity index (χ3v) is 3.07. The Morgan fingerprint density at radius 3 is 2.79 bits per heavy atom. The van der Waals surface area contributed by atoms with Crippen molar-refractivity contribution >= 4 is 0 Å². The number of nitrogens with two attached hydrogens (primary N) is 1. The van der Waals surface area contributed by atoms with Crippen LogP contribution < -0.4 is 10.5 Å². The number of nitrogens with zero attached hydrogens (tertiary/aromatic N) is 2. The van der Waals surface area contributed by atoms with E-state index in [9.17, 15) is 0 Å². The molecule has 2 N–H and O–H groups in total. The molecule has 0 amide bonds. The van der Waals surface area contributed by atoms with E-state index in [1.165, 1.54) is 0 Å². The van der Waals surface area contributed by atoms with Crippen molar-refractivity contribution in [1.29, 1.82) is 0 Å². The summed E-state index contributed by atoms with van der Waals surface area (Å²) in [5.41, 5.74) is 8.02. The smallest absolute Gasteiger partial charge is 0.130 e. The van der Waals surface area contributed by atoms with Crippen molar-refractivity contribution in [2.24, 2.45) is 5.73 Å². The first-order valence-corrected chi connectivity index (χ1v) is 6.57. The fourth-order valence-electron chi connectivity index (χ4n) is 1.95. The molecule has 0 fully saturated rings. The topological polar surface area (TPSA) is 53.1 Å². The van der Waals surface area contributed by atoms with Gasteiger partial charge in [0.05, 0.1) is 18.2 Å². The number of benzene rings is 1. The summed E-state index contributed by atoms with van der Waals surface area (Å²) in [6, 6.07) is 8.31. The fraction of sp³-hybridized carbons (Fsp3) is 0.400. The third-order valence-electron chi connectivity index (χ3n) is 3.07. The van der Waals surface area contributed by atoms with Crippen molar-refractivity contribution < 1.29 is 4.74 Å². The zero-order valence-corrected chi connectivity index (χ0v) is 11.7. The predicted octanol–water partition coefficient (Wildman–Crippen LogP) is 3.06. The van der Waals surface area contributed by atoms with Crippen molar-refractivity contribution in [2.45, 2.75) is 39.5 Å². The van der Waals surface area contributed by atoms with E-state index in [1.54, 1.807) is 0 Å². The molecule has 102 valence electrons. The molecule has 0 radical (unpaired) electrons. The van der Waals surface area contributed by atoms with Gasteiger partial charge in [-0.2, -0.15) is 0 Å². The molecule has 0 bridgehead atoms. The van der Waals surface area contributed by atoms with E-state index in [-0.39, 0.29) is 6.04 Å². The minimum Gasteiger partial charge on any atom is -0.487 e. The van der Waals surface area contributed by atoms with Crippen LogP contribution in [0, 0.1) is 0 Å². The van der Waals surface area contributed by atoms with Gasteiger partial charge in [0.25, 0.3) is 0 Å². The van der Waals surface area contributed by atoms with E-state index in [0.29, 0.717) is 12.6 Å². The number of rotatable bonds is 5. The van der Waals surface area contributed by atoms with Gasteiger partial charge in [0.2, 0.25) is 0 Å². The molecule has 2 rings (SSSR count). The lowest BCUT2D eigenvalue weighted by Crippen LogP contribution is -2.08. The molecule has 0 aliphatic heterocycles. The summed E-state index contributed by atoms with van der Waals surface area (Å²) in [4.78, 5) is 4.16. The van der Waals surface area contributed by atoms with Gasteiger partial charge in [-0.3, -0.25) is 0 Å². The van der Waals surface area contributed by atoms with Crippen LogP contribution in [-0.4, -0.2) is 9.55 Å². The molecule has 0 aliphatic carbocycles. The monoisotopic (exact) mass is 259 g/mol. The zero-order valence-electron chi connectivity index (χ0n) is 11.7. The molecule has 1 atom stereocenters. The molecular weight excluding hydrogens is 238 g/mol. The van der Waals surface area contributed by atoms with Crippen molar-refractivity contribution in [3.8, 4) is 5.75 Å². The Bertz CT molecular complexity index is 532. The summed E-state index contributed by atoms with van der Waals surface area (Å²) in [6.07, 6.45) is 3.68. The van der Waals surface area contributed by atoms with E-state index >= 15 is 0 Å². The van der Waals surface area contributed by atoms with Gasteiger partial charge in [-0.05, 0) is 38.5 Å². The van der Waals surface area contributed by atoms with Crippen molar-refractivity contribution in [2.75, 3.05) is 0 Å². The van der Waals surface area contributed by atoms with Crippen LogP contribution in [0.15, 0.2) is 36.8 Å². The summed E-state index contributed by atoms with van der Waals surface area (Å²) >= 11 is 0. The van der Waals surface area contributed by atoms with Crippen molar-refractivity contribution in [1.82, 2.24) is 9.55 Å². The van der Waals surface area contributed by atoms with Gasteiger partial charge in [-0.15, -0.1) is 0 Å². The summed E-state index contributed by atoms with van der Waals surface area (Å²) < 4.78 is 7.92. The largest absolute Gasteiger partial charge is 0.487 e. The normalized spacial score (nSPS) is 12.7. The van der Waals surface area contributed by atoms with Crippen LogP contribution in [0.5, 0.6) is 5.75 Å². The highest BCUT2D eigenvalue weighted by Gasteiger charge is 2.07. The van der Waals surface area contributed by atoms with E-state index < -0.39 is 0 Å². The number of ether oxygens (including phenoxy) is 1. The molecule has 0 aliphatic rings. The SMILES string of the molecule is CC(N)c1cccc(OCc2cncn2C(C)C)c1. The highest BCUT2D eigenvalue weighted by Crippen LogP contribution is 2.19. The Morgan fingerprint density at radius 1 is 1.32 bits per heavy atom. The van der Waals surface area contributed by atoms with Gasteiger partial charge in [0.1, 0.15) is 12.4 Å². The van der Waals surface area contributed by atoms with E-state index in [2.05, 4.69) is 23.4 Å². The van der Waals surface area contributed by atoms with Crippen LogP contribution in [0.4, 0.5) is 0 Å². The van der Waals surface area contributed by atoms with E-state index in [4.69, 9.17) is 10.5 Å². The van der Waals surface area contributed by atoms with Gasteiger partial charge in [-0.25, -0.2) is 4.98 Å². The molecule has 19 heavy (non-hydrogen) atoms. The minimum atomic E-state index is 0.0183. The highest BCUT2D eigenvalue weighted by molar-refractivity contribution is 5.30. The quantitative estimate of drug-likeness (QED) is 0.897. The number of hydrogen-bond acceptors (Lipinski definition) is 3. The van der Waals surface area contributed by atoms with Crippen LogP contribution >= 0.6 is 0 Å². The minimum absolute atomic E-state index is 0.0183. The van der Waals surface area contributed by atoms with Gasteiger partial charge < -0.3 is 15.0 Å². The maximum atomic E-state index is 5.87. The van der Waals surface area contributed by atoms with Gasteiger partial charge >= 0.3 is 0 Å². The van der Waals surface area contributed by atoms with Gasteiger partial charge in [-0.1, -0.05) is 12.1 Å². The van der Waals surface area contributed by atoms with Crippen LogP contribution in [0.3, 0.4) is 0 Å². The summed E-state index contributed by atoms with van der Waals surface area (Å²) in [6.45, 7) is 6.73. The Kier molecular flexibility index (Phi) is 4.22. The Balaban J connectivity index is 2.06. The summed E-state index contributed by atoms with van der Waals surface area (Å²) in [5.74, 6) is 0.839. The molecule has 4 nitrogen and oxygen atoms in total.